The summed E-state index contributed by atoms with van der Waals surface area (Å²) in [6.07, 6.45) is 0. The molecule has 158 valence electrons. The molecule has 1 amide bonds. The molecule has 4 rings (SSSR count). The molecule has 0 unspecified atom stereocenters. The molecule has 1 heterocycles. The Balaban J connectivity index is 1.40. The number of carbonyl (C=O) groups is 1. The normalized spacial score (nSPS) is 11.5. The van der Waals surface area contributed by atoms with Crippen LogP contribution in [-0.2, 0) is 10.2 Å². The smallest absolute Gasteiger partial charge is 0.262 e. The van der Waals surface area contributed by atoms with Gasteiger partial charge in [-0.1, -0.05) is 39.0 Å². The number of oxazole rings is 1. The molecule has 0 bridgehead atoms. The Labute approximate surface area is 179 Å². The van der Waals surface area contributed by atoms with Gasteiger partial charge in [0, 0.05) is 17.3 Å². The third-order valence-electron chi connectivity index (χ3n) is 4.83. The minimum Gasteiger partial charge on any atom is -0.484 e. The summed E-state index contributed by atoms with van der Waals surface area (Å²) < 4.78 is 24.8. The van der Waals surface area contributed by atoms with Gasteiger partial charge >= 0.3 is 0 Å². The maximum Gasteiger partial charge on any atom is 0.262 e. The van der Waals surface area contributed by atoms with Crippen LogP contribution in [0, 0.1) is 5.82 Å². The lowest BCUT2D eigenvalue weighted by Gasteiger charge is -2.19. The van der Waals surface area contributed by atoms with E-state index in [1.807, 2.05) is 24.3 Å². The van der Waals surface area contributed by atoms with Crippen molar-refractivity contribution in [1.82, 2.24) is 4.98 Å². The topological polar surface area (TPSA) is 64.4 Å². The van der Waals surface area contributed by atoms with Crippen LogP contribution in [0.15, 0.2) is 71.1 Å². The number of carbonyl (C=O) groups excluding carboxylic acids is 1. The van der Waals surface area contributed by atoms with Crippen molar-refractivity contribution < 1.29 is 18.3 Å². The summed E-state index contributed by atoms with van der Waals surface area (Å²) in [5, 5.41) is 2.79. The molecule has 0 fully saturated rings. The highest BCUT2D eigenvalue weighted by atomic mass is 19.1. The number of hydrogen-bond donors (Lipinski definition) is 1. The second kappa shape index (κ2) is 8.22. The number of fused-ring (bicyclic) bond motifs is 1. The number of aromatic nitrogens is 1. The maximum atomic E-state index is 13.5. The van der Waals surface area contributed by atoms with Crippen LogP contribution in [0.5, 0.6) is 5.75 Å². The summed E-state index contributed by atoms with van der Waals surface area (Å²) in [5.41, 5.74) is 3.48. The van der Waals surface area contributed by atoms with Crippen LogP contribution in [0.2, 0.25) is 0 Å². The molecule has 0 aliphatic carbocycles. The van der Waals surface area contributed by atoms with Crippen molar-refractivity contribution in [3.8, 4) is 17.2 Å². The van der Waals surface area contributed by atoms with Gasteiger partial charge in [-0.05, 0) is 53.4 Å². The number of rotatable bonds is 5. The highest BCUT2D eigenvalue weighted by Crippen LogP contribution is 2.27. The Kier molecular flexibility index (Phi) is 5.46. The molecule has 0 spiro atoms. The van der Waals surface area contributed by atoms with Crippen LogP contribution in [-0.4, -0.2) is 17.5 Å². The quantitative estimate of drug-likeness (QED) is 0.435. The number of amides is 1. The van der Waals surface area contributed by atoms with E-state index in [2.05, 4.69) is 31.1 Å². The van der Waals surface area contributed by atoms with Crippen LogP contribution < -0.4 is 10.1 Å². The SMILES string of the molecule is CC(C)(C)c1ccc(OCC(=O)Nc2ccc3nc(-c4cccc(F)c4)oc3c2)cc1. The lowest BCUT2D eigenvalue weighted by molar-refractivity contribution is -0.118. The van der Waals surface area contributed by atoms with Crippen LogP contribution in [0.25, 0.3) is 22.6 Å². The molecule has 4 aromatic rings. The fourth-order valence-corrected chi connectivity index (χ4v) is 3.14. The molecule has 5 nitrogen and oxygen atoms in total. The van der Waals surface area contributed by atoms with Gasteiger partial charge in [0.2, 0.25) is 5.89 Å². The molecule has 31 heavy (non-hydrogen) atoms. The number of nitrogens with zero attached hydrogens (tertiary/aromatic N) is 1. The lowest BCUT2D eigenvalue weighted by atomic mass is 9.87. The van der Waals surface area contributed by atoms with Crippen molar-refractivity contribution >= 4 is 22.7 Å². The fourth-order valence-electron chi connectivity index (χ4n) is 3.14. The summed E-state index contributed by atoms with van der Waals surface area (Å²) in [6, 6.07) is 18.9. The van der Waals surface area contributed by atoms with Gasteiger partial charge in [0.1, 0.15) is 17.1 Å². The van der Waals surface area contributed by atoms with Crippen LogP contribution in [0.4, 0.5) is 10.1 Å². The second-order valence-corrected chi connectivity index (χ2v) is 8.32. The largest absolute Gasteiger partial charge is 0.484 e. The monoisotopic (exact) mass is 418 g/mol. The zero-order valence-corrected chi connectivity index (χ0v) is 17.6. The molecule has 0 saturated carbocycles. The van der Waals surface area contributed by atoms with Gasteiger partial charge in [-0.25, -0.2) is 9.37 Å². The highest BCUT2D eigenvalue weighted by molar-refractivity contribution is 5.93. The molecule has 1 aromatic heterocycles. The van der Waals surface area contributed by atoms with Crippen LogP contribution >= 0.6 is 0 Å². The molecule has 0 radical (unpaired) electrons. The Hall–Kier alpha value is -3.67. The van der Waals surface area contributed by atoms with E-state index in [1.54, 1.807) is 30.3 Å². The van der Waals surface area contributed by atoms with E-state index in [0.717, 1.165) is 0 Å². The number of anilines is 1. The summed E-state index contributed by atoms with van der Waals surface area (Å²) in [6.45, 7) is 6.31. The van der Waals surface area contributed by atoms with Gasteiger partial charge in [0.25, 0.3) is 5.91 Å². The van der Waals surface area contributed by atoms with Crippen molar-refractivity contribution in [2.75, 3.05) is 11.9 Å². The number of hydrogen-bond acceptors (Lipinski definition) is 4. The van der Waals surface area contributed by atoms with Gasteiger partial charge in [-0.15, -0.1) is 0 Å². The second-order valence-electron chi connectivity index (χ2n) is 8.32. The first-order valence-corrected chi connectivity index (χ1v) is 9.98. The van der Waals surface area contributed by atoms with Gasteiger partial charge in [0.15, 0.2) is 12.2 Å². The molecule has 0 aliphatic heterocycles. The molecular formula is C25H23FN2O3. The lowest BCUT2D eigenvalue weighted by Crippen LogP contribution is -2.20. The van der Waals surface area contributed by atoms with Crippen molar-refractivity contribution in [2.24, 2.45) is 0 Å². The molecule has 1 N–H and O–H groups in total. The molecular weight excluding hydrogens is 395 g/mol. The van der Waals surface area contributed by atoms with Crippen molar-refractivity contribution in [2.45, 2.75) is 26.2 Å². The zero-order valence-electron chi connectivity index (χ0n) is 17.6. The number of benzene rings is 3. The van der Waals surface area contributed by atoms with Gasteiger partial charge < -0.3 is 14.5 Å². The van der Waals surface area contributed by atoms with E-state index in [-0.39, 0.29) is 23.7 Å². The highest BCUT2D eigenvalue weighted by Gasteiger charge is 2.14. The zero-order chi connectivity index (χ0) is 22.0. The van der Waals surface area contributed by atoms with Crippen molar-refractivity contribution in [1.29, 1.82) is 0 Å². The summed E-state index contributed by atoms with van der Waals surface area (Å²) in [4.78, 5) is 16.7. The Bertz CT molecular complexity index is 1220. The first-order valence-electron chi connectivity index (χ1n) is 9.98. The Morgan fingerprint density at radius 1 is 1.06 bits per heavy atom. The number of ether oxygens (including phenoxy) is 1. The molecule has 0 atom stereocenters. The summed E-state index contributed by atoms with van der Waals surface area (Å²) >= 11 is 0. The van der Waals surface area contributed by atoms with Crippen LogP contribution in [0.3, 0.4) is 0 Å². The third kappa shape index (κ3) is 4.91. The summed E-state index contributed by atoms with van der Waals surface area (Å²) in [5.74, 6) is 0.304. The Morgan fingerprint density at radius 3 is 2.55 bits per heavy atom. The molecule has 3 aromatic carbocycles. The van der Waals surface area contributed by atoms with E-state index in [4.69, 9.17) is 9.15 Å². The Morgan fingerprint density at radius 2 is 1.84 bits per heavy atom. The van der Waals surface area contributed by atoms with E-state index in [9.17, 15) is 9.18 Å². The van der Waals surface area contributed by atoms with E-state index in [1.165, 1.54) is 17.7 Å². The average Bonchev–Trinajstić information content (AvgIpc) is 3.15. The minimum absolute atomic E-state index is 0.0593. The molecule has 0 aliphatic rings. The average molecular weight is 418 g/mol. The number of halogens is 1. The standard InChI is InChI=1S/C25H23FN2O3/c1-25(2,3)17-7-10-20(11-8-17)30-15-23(29)27-19-9-12-21-22(14-19)31-24(28-21)16-5-4-6-18(26)13-16/h4-14H,15H2,1-3H3,(H,27,29). The third-order valence-corrected chi connectivity index (χ3v) is 4.83. The first kappa shape index (κ1) is 20.6. The first-order chi connectivity index (χ1) is 14.8. The summed E-state index contributed by atoms with van der Waals surface area (Å²) in [7, 11) is 0. The fraction of sp³-hybridized carbons (Fsp3) is 0.200. The molecule has 0 saturated heterocycles. The number of nitrogens with one attached hydrogen (secondary N) is 1. The predicted molar refractivity (Wildman–Crippen MR) is 119 cm³/mol. The van der Waals surface area contributed by atoms with E-state index in [0.29, 0.717) is 34.0 Å². The minimum atomic E-state index is -0.360. The van der Waals surface area contributed by atoms with Crippen molar-refractivity contribution in [3.63, 3.8) is 0 Å². The predicted octanol–water partition coefficient (Wildman–Crippen LogP) is 5.95. The van der Waals surface area contributed by atoms with Gasteiger partial charge in [-0.3, -0.25) is 4.79 Å². The van der Waals surface area contributed by atoms with Crippen LogP contribution in [0.1, 0.15) is 26.3 Å². The van der Waals surface area contributed by atoms with E-state index >= 15 is 0 Å². The van der Waals surface area contributed by atoms with Crippen molar-refractivity contribution in [3.05, 3.63) is 78.1 Å². The van der Waals surface area contributed by atoms with E-state index < -0.39 is 0 Å². The van der Waals surface area contributed by atoms with Gasteiger partial charge in [-0.2, -0.15) is 0 Å². The van der Waals surface area contributed by atoms with Gasteiger partial charge in [0.05, 0.1) is 0 Å². The molecule has 6 heteroatoms. The maximum absolute atomic E-state index is 13.5.